The van der Waals surface area contributed by atoms with Gasteiger partial charge in [0, 0.05) is 12.1 Å². The smallest absolute Gasteiger partial charge is 0.156 e. The zero-order chi connectivity index (χ0) is 11.1. The summed E-state index contributed by atoms with van der Waals surface area (Å²) in [6.07, 6.45) is 3.19. The van der Waals surface area contributed by atoms with Crippen LogP contribution in [-0.2, 0) is 0 Å². The van der Waals surface area contributed by atoms with Gasteiger partial charge in [-0.3, -0.25) is 4.79 Å². The molecule has 2 heterocycles. The lowest BCUT2D eigenvalue weighted by atomic mass is 9.88. The van der Waals surface area contributed by atoms with E-state index in [0.29, 0.717) is 17.7 Å². The second-order valence-electron chi connectivity index (χ2n) is 4.23. The highest BCUT2D eigenvalue weighted by atomic mass is 35.5. The van der Waals surface area contributed by atoms with Crippen LogP contribution in [0, 0.1) is 0 Å². The molecule has 0 atom stereocenters. The van der Waals surface area contributed by atoms with Gasteiger partial charge in [0.2, 0.25) is 0 Å². The van der Waals surface area contributed by atoms with E-state index in [1.807, 2.05) is 0 Å². The molecule has 2 rings (SSSR count). The molecular formula is C10H12ClN3O. The lowest BCUT2D eigenvalue weighted by molar-refractivity contribution is 0.112. The minimum absolute atomic E-state index is 0.0510. The molecule has 1 aromatic rings. The van der Waals surface area contributed by atoms with Crippen LogP contribution in [0.5, 0.6) is 0 Å². The molecule has 1 fully saturated rings. The van der Waals surface area contributed by atoms with Gasteiger partial charge in [-0.2, -0.15) is 0 Å². The zero-order valence-corrected chi connectivity index (χ0v) is 9.45. The van der Waals surface area contributed by atoms with Crippen molar-refractivity contribution >= 4 is 23.7 Å². The van der Waals surface area contributed by atoms with E-state index in [9.17, 15) is 4.79 Å². The summed E-state index contributed by atoms with van der Waals surface area (Å²) in [5.41, 5.74) is 0.432. The van der Waals surface area contributed by atoms with Gasteiger partial charge in [0.1, 0.15) is 17.3 Å². The third kappa shape index (κ3) is 1.59. The molecule has 0 saturated carbocycles. The van der Waals surface area contributed by atoms with Crippen molar-refractivity contribution in [2.75, 3.05) is 11.4 Å². The van der Waals surface area contributed by atoms with Gasteiger partial charge in [-0.15, -0.1) is 0 Å². The highest BCUT2D eigenvalue weighted by Crippen LogP contribution is 2.36. The summed E-state index contributed by atoms with van der Waals surface area (Å²) in [5, 5.41) is 0.220. The molecule has 5 heteroatoms. The second-order valence-corrected chi connectivity index (χ2v) is 4.59. The van der Waals surface area contributed by atoms with Gasteiger partial charge in [0.05, 0.1) is 5.56 Å². The van der Waals surface area contributed by atoms with E-state index < -0.39 is 0 Å². The molecule has 0 spiro atoms. The minimum Gasteiger partial charge on any atom is -0.351 e. The first kappa shape index (κ1) is 10.4. The van der Waals surface area contributed by atoms with Crippen molar-refractivity contribution in [1.29, 1.82) is 0 Å². The van der Waals surface area contributed by atoms with E-state index in [4.69, 9.17) is 11.6 Å². The van der Waals surface area contributed by atoms with Crippen LogP contribution in [0.1, 0.15) is 30.6 Å². The van der Waals surface area contributed by atoms with E-state index in [2.05, 4.69) is 28.7 Å². The Morgan fingerprint density at radius 1 is 1.53 bits per heavy atom. The largest absolute Gasteiger partial charge is 0.351 e. The molecule has 0 aromatic carbocycles. The molecule has 1 aliphatic rings. The Hall–Kier alpha value is -1.16. The molecule has 0 aliphatic carbocycles. The van der Waals surface area contributed by atoms with Crippen molar-refractivity contribution in [3.63, 3.8) is 0 Å². The molecule has 1 aliphatic heterocycles. The van der Waals surface area contributed by atoms with Gasteiger partial charge in [0.15, 0.2) is 6.29 Å². The van der Waals surface area contributed by atoms with Crippen LogP contribution in [0.15, 0.2) is 6.33 Å². The third-order valence-electron chi connectivity index (χ3n) is 2.87. The Morgan fingerprint density at radius 3 is 2.73 bits per heavy atom. The molecule has 0 unspecified atom stereocenters. The summed E-state index contributed by atoms with van der Waals surface area (Å²) in [6.45, 7) is 5.13. The molecule has 0 radical (unpaired) electrons. The highest BCUT2D eigenvalue weighted by Gasteiger charge is 2.38. The Balaban J connectivity index is 2.44. The second kappa shape index (κ2) is 3.45. The average molecular weight is 226 g/mol. The molecule has 0 amide bonds. The first-order valence-electron chi connectivity index (χ1n) is 4.79. The molecule has 80 valence electrons. The SMILES string of the molecule is CC1(C)CCN1c1ncnc(Cl)c1C=O. The van der Waals surface area contributed by atoms with Gasteiger partial charge >= 0.3 is 0 Å². The van der Waals surface area contributed by atoms with Crippen LogP contribution in [0.4, 0.5) is 5.82 Å². The summed E-state index contributed by atoms with van der Waals surface area (Å²) in [6, 6.07) is 0. The van der Waals surface area contributed by atoms with Crippen LogP contribution in [0.2, 0.25) is 5.15 Å². The van der Waals surface area contributed by atoms with Crippen LogP contribution in [0.3, 0.4) is 0 Å². The van der Waals surface area contributed by atoms with Crippen molar-refractivity contribution in [3.05, 3.63) is 17.0 Å². The highest BCUT2D eigenvalue weighted by molar-refractivity contribution is 6.32. The van der Waals surface area contributed by atoms with Gasteiger partial charge < -0.3 is 4.90 Å². The number of halogens is 1. The number of aldehydes is 1. The van der Waals surface area contributed by atoms with Crippen molar-refractivity contribution in [1.82, 2.24) is 9.97 Å². The maximum absolute atomic E-state index is 10.9. The molecule has 1 aromatic heterocycles. The molecule has 0 bridgehead atoms. The topological polar surface area (TPSA) is 46.1 Å². The number of nitrogens with zero attached hydrogens (tertiary/aromatic N) is 3. The number of carbonyl (C=O) groups is 1. The maximum Gasteiger partial charge on any atom is 0.156 e. The fourth-order valence-electron chi connectivity index (χ4n) is 1.75. The van der Waals surface area contributed by atoms with Crippen LogP contribution >= 0.6 is 11.6 Å². The first-order valence-corrected chi connectivity index (χ1v) is 5.17. The van der Waals surface area contributed by atoms with E-state index in [1.165, 1.54) is 6.33 Å². The van der Waals surface area contributed by atoms with Gasteiger partial charge in [-0.05, 0) is 20.3 Å². The number of carbonyl (C=O) groups excluding carboxylic acids is 1. The van der Waals surface area contributed by atoms with E-state index in [0.717, 1.165) is 13.0 Å². The summed E-state index contributed by atoms with van der Waals surface area (Å²) >= 11 is 5.84. The molecule has 4 nitrogen and oxygen atoms in total. The lowest BCUT2D eigenvalue weighted by Gasteiger charge is -2.49. The Bertz CT molecular complexity index is 406. The number of hydrogen-bond acceptors (Lipinski definition) is 4. The third-order valence-corrected chi connectivity index (χ3v) is 3.17. The predicted octanol–water partition coefficient (Wildman–Crippen LogP) is 1.93. The molecule has 0 N–H and O–H groups in total. The van der Waals surface area contributed by atoms with Gasteiger partial charge in [-0.25, -0.2) is 9.97 Å². The Morgan fingerprint density at radius 2 is 2.27 bits per heavy atom. The summed E-state index contributed by atoms with van der Waals surface area (Å²) in [7, 11) is 0. The fourth-order valence-corrected chi connectivity index (χ4v) is 1.92. The van der Waals surface area contributed by atoms with E-state index in [1.54, 1.807) is 0 Å². The van der Waals surface area contributed by atoms with Crippen LogP contribution in [0.25, 0.3) is 0 Å². The maximum atomic E-state index is 10.9. The van der Waals surface area contributed by atoms with Crippen LogP contribution in [-0.4, -0.2) is 28.3 Å². The lowest BCUT2D eigenvalue weighted by Crippen LogP contribution is -2.56. The van der Waals surface area contributed by atoms with Gasteiger partial charge in [0.25, 0.3) is 0 Å². The predicted molar refractivity (Wildman–Crippen MR) is 58.5 cm³/mol. The standard InChI is InChI=1S/C10H12ClN3O/c1-10(2)3-4-14(10)9-7(5-15)8(11)12-6-13-9/h5-6H,3-4H2,1-2H3. The number of anilines is 1. The van der Waals surface area contributed by atoms with Crippen molar-refractivity contribution in [2.24, 2.45) is 0 Å². The van der Waals surface area contributed by atoms with Gasteiger partial charge in [-0.1, -0.05) is 11.6 Å². The summed E-state index contributed by atoms with van der Waals surface area (Å²) in [5.74, 6) is 0.640. The fraction of sp³-hybridized carbons (Fsp3) is 0.500. The zero-order valence-electron chi connectivity index (χ0n) is 8.70. The average Bonchev–Trinajstić information content (AvgIpc) is 2.17. The summed E-state index contributed by atoms with van der Waals surface area (Å²) in [4.78, 5) is 20.9. The van der Waals surface area contributed by atoms with E-state index in [-0.39, 0.29) is 10.7 Å². The monoisotopic (exact) mass is 225 g/mol. The molecular weight excluding hydrogens is 214 g/mol. The Labute approximate surface area is 93.3 Å². The Kier molecular flexibility index (Phi) is 2.38. The minimum atomic E-state index is 0.0510. The van der Waals surface area contributed by atoms with Crippen molar-refractivity contribution in [2.45, 2.75) is 25.8 Å². The van der Waals surface area contributed by atoms with Crippen molar-refractivity contribution < 1.29 is 4.79 Å². The first-order chi connectivity index (χ1) is 7.06. The molecule has 15 heavy (non-hydrogen) atoms. The number of hydrogen-bond donors (Lipinski definition) is 0. The summed E-state index contributed by atoms with van der Waals surface area (Å²) < 4.78 is 0. The number of rotatable bonds is 2. The van der Waals surface area contributed by atoms with Crippen LogP contribution < -0.4 is 4.90 Å². The normalized spacial score (nSPS) is 18.5. The quantitative estimate of drug-likeness (QED) is 0.570. The molecule has 1 saturated heterocycles. The number of aromatic nitrogens is 2. The van der Waals surface area contributed by atoms with Crippen molar-refractivity contribution in [3.8, 4) is 0 Å². The van der Waals surface area contributed by atoms with E-state index >= 15 is 0 Å².